The molecule has 0 atom stereocenters. The molecule has 6 aromatic rings. The van der Waals surface area contributed by atoms with E-state index >= 15 is 0 Å². The van der Waals surface area contributed by atoms with Crippen molar-refractivity contribution < 1.29 is 0 Å². The van der Waals surface area contributed by atoms with Crippen LogP contribution < -0.4 is 0 Å². The van der Waals surface area contributed by atoms with Crippen LogP contribution in [0, 0.1) is 0 Å². The fraction of sp³-hybridized carbons (Fsp3) is 0. The summed E-state index contributed by atoms with van der Waals surface area (Å²) < 4.78 is 1.000. The third-order valence-electron chi connectivity index (χ3n) is 5.17. The summed E-state index contributed by atoms with van der Waals surface area (Å²) in [6.45, 7) is 0. The molecule has 0 aliphatic rings. The molecule has 0 saturated heterocycles. The first-order chi connectivity index (χ1) is 17.2. The smallest absolute Gasteiger partial charge is 0.222 e. The van der Waals surface area contributed by atoms with Crippen LogP contribution in [0.25, 0.3) is 56.9 Å². The van der Waals surface area contributed by atoms with E-state index in [0.717, 1.165) is 15.6 Å². The van der Waals surface area contributed by atoms with Gasteiger partial charge in [-0.05, 0) is 70.1 Å². The Morgan fingerprint density at radius 1 is 0.514 bits per heavy atom. The SMILES string of the molecule is Brc1ccc(-c2cc(-c3cccc(-c4nn[nH]n4)n3)nc(-c3cccc(-c4nn[nH]n4)n3)c2)cc1. The van der Waals surface area contributed by atoms with Gasteiger partial charge in [0, 0.05) is 4.47 Å². The minimum absolute atomic E-state index is 0.408. The predicted molar refractivity (Wildman–Crippen MR) is 130 cm³/mol. The first-order valence-corrected chi connectivity index (χ1v) is 11.2. The Kier molecular flexibility index (Phi) is 5.31. The maximum Gasteiger partial charge on any atom is 0.222 e. The Hall–Kier alpha value is -4.71. The lowest BCUT2D eigenvalue weighted by Gasteiger charge is -2.10. The first kappa shape index (κ1) is 20.9. The molecule has 0 bridgehead atoms. The van der Waals surface area contributed by atoms with E-state index in [1.165, 1.54) is 0 Å². The third kappa shape index (κ3) is 4.29. The Morgan fingerprint density at radius 3 is 1.49 bits per heavy atom. The van der Waals surface area contributed by atoms with Gasteiger partial charge in [-0.15, -0.1) is 20.4 Å². The molecule has 5 heterocycles. The summed E-state index contributed by atoms with van der Waals surface area (Å²) in [5.41, 5.74) is 5.87. The number of H-pyrrole nitrogens is 2. The molecule has 12 heteroatoms. The highest BCUT2D eigenvalue weighted by Crippen LogP contribution is 2.31. The van der Waals surface area contributed by atoms with Gasteiger partial charge in [-0.25, -0.2) is 15.0 Å². The Labute approximate surface area is 206 Å². The van der Waals surface area contributed by atoms with E-state index in [0.29, 0.717) is 45.8 Å². The van der Waals surface area contributed by atoms with Gasteiger partial charge in [0.15, 0.2) is 0 Å². The molecule has 35 heavy (non-hydrogen) atoms. The number of rotatable bonds is 5. The van der Waals surface area contributed by atoms with Crippen LogP contribution in [0.2, 0.25) is 0 Å². The number of tetrazole rings is 2. The highest BCUT2D eigenvalue weighted by Gasteiger charge is 2.14. The molecule has 0 unspecified atom stereocenters. The van der Waals surface area contributed by atoms with Crippen LogP contribution in [0.15, 0.2) is 77.3 Å². The zero-order valence-corrected chi connectivity index (χ0v) is 19.4. The van der Waals surface area contributed by atoms with Crippen molar-refractivity contribution in [1.29, 1.82) is 0 Å². The summed E-state index contributed by atoms with van der Waals surface area (Å²) in [5.74, 6) is 0.816. The highest BCUT2D eigenvalue weighted by molar-refractivity contribution is 9.10. The number of nitrogens with zero attached hydrogens (tertiary/aromatic N) is 9. The van der Waals surface area contributed by atoms with Crippen molar-refractivity contribution in [1.82, 2.24) is 56.2 Å². The lowest BCUT2D eigenvalue weighted by atomic mass is 10.0. The lowest BCUT2D eigenvalue weighted by molar-refractivity contribution is 0.881. The molecule has 0 saturated carbocycles. The van der Waals surface area contributed by atoms with Crippen LogP contribution >= 0.6 is 15.9 Å². The van der Waals surface area contributed by atoms with E-state index in [2.05, 4.69) is 57.2 Å². The monoisotopic (exact) mass is 523 g/mol. The van der Waals surface area contributed by atoms with Crippen LogP contribution in [-0.2, 0) is 0 Å². The van der Waals surface area contributed by atoms with Crippen molar-refractivity contribution in [2.24, 2.45) is 0 Å². The average molecular weight is 524 g/mol. The summed E-state index contributed by atoms with van der Waals surface area (Å²) in [4.78, 5) is 14.3. The quantitative estimate of drug-likeness (QED) is 0.342. The van der Waals surface area contributed by atoms with Crippen LogP contribution in [0.5, 0.6) is 0 Å². The van der Waals surface area contributed by atoms with Crippen molar-refractivity contribution in [2.75, 3.05) is 0 Å². The second kappa shape index (κ2) is 8.91. The molecule has 1 aromatic carbocycles. The van der Waals surface area contributed by atoms with Crippen LogP contribution in [0.4, 0.5) is 0 Å². The van der Waals surface area contributed by atoms with Crippen molar-refractivity contribution in [3.8, 4) is 56.9 Å². The Bertz CT molecular complexity index is 1500. The van der Waals surface area contributed by atoms with E-state index in [-0.39, 0.29) is 0 Å². The molecule has 0 aliphatic carbocycles. The molecule has 11 nitrogen and oxygen atoms in total. The van der Waals surface area contributed by atoms with Gasteiger partial charge in [0.05, 0.1) is 22.8 Å². The van der Waals surface area contributed by atoms with Crippen LogP contribution in [-0.4, -0.2) is 56.2 Å². The zero-order valence-electron chi connectivity index (χ0n) is 17.8. The normalized spacial score (nSPS) is 11.0. The molecule has 168 valence electrons. The lowest BCUT2D eigenvalue weighted by Crippen LogP contribution is -1.97. The molecule has 0 spiro atoms. The van der Waals surface area contributed by atoms with E-state index in [1.54, 1.807) is 0 Å². The number of hydrogen-bond acceptors (Lipinski definition) is 9. The summed E-state index contributed by atoms with van der Waals surface area (Å²) >= 11 is 3.50. The van der Waals surface area contributed by atoms with Gasteiger partial charge >= 0.3 is 0 Å². The number of hydrogen-bond donors (Lipinski definition) is 2. The molecule has 6 rings (SSSR count). The summed E-state index contributed by atoms with van der Waals surface area (Å²) in [5, 5.41) is 28.3. The standard InChI is InChI=1S/C23H14BrN11/c24-15-9-7-13(8-10-15)14-11-20(16-3-1-5-18(25-16)22-28-32-33-29-22)27-21(12-14)17-4-2-6-19(26-17)23-30-34-35-31-23/h1-12H,(H,28,29,32,33)(H,30,31,34,35). The van der Waals surface area contributed by atoms with Gasteiger partial charge in [0.1, 0.15) is 11.4 Å². The summed E-state index contributed by atoms with van der Waals surface area (Å²) in [6, 6.07) is 23.3. The second-order valence-corrected chi connectivity index (χ2v) is 8.34. The molecule has 0 aliphatic heterocycles. The molecule has 0 fully saturated rings. The molecule has 0 radical (unpaired) electrons. The van der Waals surface area contributed by atoms with Gasteiger partial charge in [0.25, 0.3) is 0 Å². The topological polar surface area (TPSA) is 148 Å². The Morgan fingerprint density at radius 2 is 1.00 bits per heavy atom. The maximum absolute atomic E-state index is 4.90. The molecular formula is C23H14BrN11. The van der Waals surface area contributed by atoms with E-state index in [9.17, 15) is 0 Å². The van der Waals surface area contributed by atoms with Gasteiger partial charge in [0.2, 0.25) is 11.6 Å². The van der Waals surface area contributed by atoms with Crippen molar-refractivity contribution >= 4 is 15.9 Å². The van der Waals surface area contributed by atoms with Crippen molar-refractivity contribution in [3.05, 3.63) is 77.3 Å². The van der Waals surface area contributed by atoms with Crippen molar-refractivity contribution in [3.63, 3.8) is 0 Å². The van der Waals surface area contributed by atoms with Crippen LogP contribution in [0.3, 0.4) is 0 Å². The largest absolute Gasteiger partial charge is 0.244 e. The third-order valence-corrected chi connectivity index (χ3v) is 5.70. The Balaban J connectivity index is 1.51. The fourth-order valence-corrected chi connectivity index (χ4v) is 3.81. The molecular weight excluding hydrogens is 510 g/mol. The van der Waals surface area contributed by atoms with E-state index in [1.807, 2.05) is 72.8 Å². The summed E-state index contributed by atoms with van der Waals surface area (Å²) in [6.07, 6.45) is 0. The fourth-order valence-electron chi connectivity index (χ4n) is 3.55. The highest BCUT2D eigenvalue weighted by atomic mass is 79.9. The van der Waals surface area contributed by atoms with Gasteiger partial charge in [-0.2, -0.15) is 10.4 Å². The second-order valence-electron chi connectivity index (χ2n) is 7.42. The van der Waals surface area contributed by atoms with Gasteiger partial charge in [-0.3, -0.25) is 0 Å². The van der Waals surface area contributed by atoms with E-state index in [4.69, 9.17) is 15.0 Å². The van der Waals surface area contributed by atoms with Crippen LogP contribution in [0.1, 0.15) is 0 Å². The minimum Gasteiger partial charge on any atom is -0.244 e. The number of halogens is 1. The van der Waals surface area contributed by atoms with Gasteiger partial charge < -0.3 is 0 Å². The van der Waals surface area contributed by atoms with Gasteiger partial charge in [-0.1, -0.05) is 40.2 Å². The number of aromatic nitrogens is 11. The van der Waals surface area contributed by atoms with Crippen molar-refractivity contribution in [2.45, 2.75) is 0 Å². The predicted octanol–water partition coefficient (Wildman–Crippen LogP) is 4.00. The molecule has 5 aromatic heterocycles. The van der Waals surface area contributed by atoms with E-state index < -0.39 is 0 Å². The zero-order chi connectivity index (χ0) is 23.6. The number of pyridine rings is 3. The molecule has 2 N–H and O–H groups in total. The average Bonchev–Trinajstić information content (AvgIpc) is 3.64. The minimum atomic E-state index is 0.408. The molecule has 0 amide bonds. The number of aromatic amines is 2. The maximum atomic E-state index is 4.90. The summed E-state index contributed by atoms with van der Waals surface area (Å²) in [7, 11) is 0. The number of benzene rings is 1. The first-order valence-electron chi connectivity index (χ1n) is 10.4. The number of nitrogens with one attached hydrogen (secondary N) is 2.